The highest BCUT2D eigenvalue weighted by molar-refractivity contribution is 6.43. The Morgan fingerprint density at radius 2 is 1.56 bits per heavy atom. The molecule has 3 aromatic carbocycles. The van der Waals surface area contributed by atoms with Gasteiger partial charge >= 0.3 is 0 Å². The summed E-state index contributed by atoms with van der Waals surface area (Å²) in [5, 5.41) is 19.9. The number of rotatable bonds is 8. The molecular weight excluding hydrogens is 463 g/mol. The van der Waals surface area contributed by atoms with E-state index in [1.807, 2.05) is 55.5 Å². The first-order valence-corrected chi connectivity index (χ1v) is 10.8. The molecule has 0 spiro atoms. The molecule has 0 amide bonds. The van der Waals surface area contributed by atoms with Crippen LogP contribution in [0, 0.1) is 18.3 Å². The third-order valence-electron chi connectivity index (χ3n) is 4.56. The topological polar surface area (TPSA) is 59.9 Å². The van der Waals surface area contributed by atoms with Crippen molar-refractivity contribution >= 4 is 57.6 Å². The van der Waals surface area contributed by atoms with E-state index in [0.29, 0.717) is 32.9 Å². The molecule has 162 valence electrons. The van der Waals surface area contributed by atoms with Gasteiger partial charge in [0.1, 0.15) is 11.8 Å². The lowest BCUT2D eigenvalue weighted by molar-refractivity contribution is 1.14. The molecule has 4 nitrogen and oxygen atoms in total. The second kappa shape index (κ2) is 10.5. The zero-order chi connectivity index (χ0) is 23.3. The van der Waals surface area contributed by atoms with Crippen molar-refractivity contribution in [1.82, 2.24) is 0 Å². The Balaban J connectivity index is 1.74. The molecule has 32 heavy (non-hydrogen) atoms. The summed E-state index contributed by atoms with van der Waals surface area (Å²) in [4.78, 5) is 0. The average molecular weight is 484 g/mol. The van der Waals surface area contributed by atoms with E-state index in [1.165, 1.54) is 0 Å². The third kappa shape index (κ3) is 6.21. The van der Waals surface area contributed by atoms with Crippen molar-refractivity contribution in [2.45, 2.75) is 13.5 Å². The third-order valence-corrected chi connectivity index (χ3v) is 5.58. The smallest absolute Gasteiger partial charge is 0.117 e. The van der Waals surface area contributed by atoms with Gasteiger partial charge in [0, 0.05) is 39.9 Å². The molecule has 0 atom stereocenters. The summed E-state index contributed by atoms with van der Waals surface area (Å²) in [6, 6.07) is 18.9. The fourth-order valence-corrected chi connectivity index (χ4v) is 3.86. The molecule has 0 aliphatic rings. The number of nitriles is 1. The van der Waals surface area contributed by atoms with Crippen LogP contribution in [0.25, 0.3) is 5.70 Å². The zero-order valence-corrected chi connectivity index (χ0v) is 19.7. The molecule has 0 radical (unpaired) electrons. The Hall–Kier alpha value is -3.10. The van der Waals surface area contributed by atoms with E-state index in [-0.39, 0.29) is 5.70 Å². The van der Waals surface area contributed by atoms with Crippen LogP contribution in [0.3, 0.4) is 0 Å². The van der Waals surface area contributed by atoms with Gasteiger partial charge in [0.05, 0.1) is 10.0 Å². The molecule has 0 aromatic heterocycles. The zero-order valence-electron chi connectivity index (χ0n) is 17.4. The van der Waals surface area contributed by atoms with Crippen LogP contribution in [0.15, 0.2) is 73.5 Å². The van der Waals surface area contributed by atoms with E-state index in [9.17, 15) is 0 Å². The van der Waals surface area contributed by atoms with Crippen molar-refractivity contribution in [2.75, 3.05) is 16.0 Å². The first-order valence-electron chi connectivity index (χ1n) is 9.66. The van der Waals surface area contributed by atoms with E-state index in [1.54, 1.807) is 6.07 Å². The predicted octanol–water partition coefficient (Wildman–Crippen LogP) is 8.10. The van der Waals surface area contributed by atoms with Crippen LogP contribution in [0.4, 0.5) is 17.1 Å². The standard InChI is InChI=1S/C25H21Cl3N4/c1-15-8-18(10-19(26)9-15)14-30-22-11-23(25(28)24(27)12-22)17(3)32-21-6-4-20(5-7-21)31-16(2)13-29/h4-12,30-32H,2-3,14H2,1H3. The quantitative estimate of drug-likeness (QED) is 0.283. The van der Waals surface area contributed by atoms with Crippen LogP contribution >= 0.6 is 34.8 Å². The molecule has 0 bridgehead atoms. The molecule has 0 aliphatic heterocycles. The van der Waals surface area contributed by atoms with Gasteiger partial charge in [-0.25, -0.2) is 0 Å². The largest absolute Gasteiger partial charge is 0.381 e. The molecule has 0 saturated heterocycles. The minimum Gasteiger partial charge on any atom is -0.381 e. The van der Waals surface area contributed by atoms with Gasteiger partial charge in [0.2, 0.25) is 0 Å². The second-order valence-electron chi connectivity index (χ2n) is 7.21. The second-order valence-corrected chi connectivity index (χ2v) is 8.43. The van der Waals surface area contributed by atoms with Crippen LogP contribution in [0.2, 0.25) is 15.1 Å². The van der Waals surface area contributed by atoms with Crippen molar-refractivity contribution in [3.05, 3.63) is 105 Å². The molecule has 0 aliphatic carbocycles. The number of hydrogen-bond donors (Lipinski definition) is 3. The molecule has 0 saturated carbocycles. The van der Waals surface area contributed by atoms with Crippen molar-refractivity contribution in [1.29, 1.82) is 5.26 Å². The predicted molar refractivity (Wildman–Crippen MR) is 137 cm³/mol. The minimum atomic E-state index is 0.272. The fourth-order valence-electron chi connectivity index (χ4n) is 3.11. The van der Waals surface area contributed by atoms with Crippen LogP contribution in [0.1, 0.15) is 16.7 Å². The Morgan fingerprint density at radius 1 is 0.906 bits per heavy atom. The number of nitrogens with zero attached hydrogens (tertiary/aromatic N) is 1. The molecule has 7 heteroatoms. The maximum Gasteiger partial charge on any atom is 0.117 e. The van der Waals surface area contributed by atoms with E-state index >= 15 is 0 Å². The summed E-state index contributed by atoms with van der Waals surface area (Å²) < 4.78 is 0. The van der Waals surface area contributed by atoms with Crippen LogP contribution in [-0.2, 0) is 6.54 Å². The number of aryl methyl sites for hydroxylation is 1. The normalized spacial score (nSPS) is 10.2. The van der Waals surface area contributed by atoms with E-state index in [2.05, 4.69) is 35.2 Å². The number of anilines is 3. The van der Waals surface area contributed by atoms with E-state index in [4.69, 9.17) is 40.1 Å². The summed E-state index contributed by atoms with van der Waals surface area (Å²) in [6.07, 6.45) is 0. The van der Waals surface area contributed by atoms with Gasteiger partial charge in [-0.05, 0) is 66.6 Å². The van der Waals surface area contributed by atoms with Gasteiger partial charge in [0.25, 0.3) is 0 Å². The van der Waals surface area contributed by atoms with Crippen molar-refractivity contribution in [2.24, 2.45) is 0 Å². The summed E-state index contributed by atoms with van der Waals surface area (Å²) in [7, 11) is 0. The maximum atomic E-state index is 8.82. The minimum absolute atomic E-state index is 0.272. The van der Waals surface area contributed by atoms with Gasteiger partial charge in [-0.2, -0.15) is 5.26 Å². The van der Waals surface area contributed by atoms with Gasteiger partial charge in [-0.1, -0.05) is 54.0 Å². The number of allylic oxidation sites excluding steroid dienone is 1. The maximum absolute atomic E-state index is 8.82. The van der Waals surface area contributed by atoms with Gasteiger partial charge in [-0.3, -0.25) is 0 Å². The molecule has 3 rings (SSSR count). The Bertz CT molecular complexity index is 1190. The van der Waals surface area contributed by atoms with Crippen molar-refractivity contribution in [3.8, 4) is 6.07 Å². The van der Waals surface area contributed by atoms with E-state index < -0.39 is 0 Å². The Morgan fingerprint density at radius 3 is 2.19 bits per heavy atom. The highest BCUT2D eigenvalue weighted by Gasteiger charge is 2.12. The Labute approximate surface area is 203 Å². The molecule has 0 unspecified atom stereocenters. The molecule has 3 N–H and O–H groups in total. The fraction of sp³-hybridized carbons (Fsp3) is 0.0800. The van der Waals surface area contributed by atoms with E-state index in [0.717, 1.165) is 28.2 Å². The Kier molecular flexibility index (Phi) is 7.71. The summed E-state index contributed by atoms with van der Waals surface area (Å²) in [5.41, 5.74) is 6.09. The monoisotopic (exact) mass is 482 g/mol. The summed E-state index contributed by atoms with van der Waals surface area (Å²) >= 11 is 19.0. The number of nitrogens with one attached hydrogen (secondary N) is 3. The van der Waals surface area contributed by atoms with Gasteiger partial charge < -0.3 is 16.0 Å². The first kappa shape index (κ1) is 23.6. The summed E-state index contributed by atoms with van der Waals surface area (Å²) in [6.45, 7) is 10.3. The SMILES string of the molecule is C=C(C#N)Nc1ccc(NC(=C)c2cc(NCc3cc(C)cc(Cl)c3)cc(Cl)c2Cl)cc1. The lowest BCUT2D eigenvalue weighted by Crippen LogP contribution is -2.03. The number of hydrogen-bond acceptors (Lipinski definition) is 4. The van der Waals surface area contributed by atoms with Crippen LogP contribution < -0.4 is 16.0 Å². The highest BCUT2D eigenvalue weighted by atomic mass is 35.5. The van der Waals surface area contributed by atoms with Gasteiger partial charge in [0.15, 0.2) is 0 Å². The van der Waals surface area contributed by atoms with Crippen molar-refractivity contribution < 1.29 is 0 Å². The summed E-state index contributed by atoms with van der Waals surface area (Å²) in [5.74, 6) is 0. The first-order chi connectivity index (χ1) is 15.2. The van der Waals surface area contributed by atoms with Crippen LogP contribution in [-0.4, -0.2) is 0 Å². The molecular formula is C25H21Cl3N4. The average Bonchev–Trinajstić information content (AvgIpc) is 2.75. The van der Waals surface area contributed by atoms with Crippen LogP contribution in [0.5, 0.6) is 0 Å². The van der Waals surface area contributed by atoms with Gasteiger partial charge in [-0.15, -0.1) is 0 Å². The molecule has 0 fully saturated rings. The highest BCUT2D eigenvalue weighted by Crippen LogP contribution is 2.34. The lowest BCUT2D eigenvalue weighted by Gasteiger charge is -2.16. The number of halogens is 3. The molecule has 3 aromatic rings. The van der Waals surface area contributed by atoms with Crippen molar-refractivity contribution in [3.63, 3.8) is 0 Å². The number of benzene rings is 3. The molecule has 0 heterocycles. The lowest BCUT2D eigenvalue weighted by atomic mass is 10.1.